The lowest BCUT2D eigenvalue weighted by Crippen LogP contribution is -2.26. The van der Waals surface area contributed by atoms with Gasteiger partial charge in [-0.2, -0.15) is 15.6 Å². The zero-order valence-electron chi connectivity index (χ0n) is 10.7. The van der Waals surface area contributed by atoms with Gasteiger partial charge in [-0.15, -0.1) is 0 Å². The lowest BCUT2D eigenvalue weighted by atomic mass is 10.3. The van der Waals surface area contributed by atoms with E-state index in [1.54, 1.807) is 6.92 Å². The van der Waals surface area contributed by atoms with Crippen LogP contribution in [0.5, 0.6) is 0 Å². The van der Waals surface area contributed by atoms with Crippen LogP contribution in [-0.4, -0.2) is 24.9 Å². The summed E-state index contributed by atoms with van der Waals surface area (Å²) in [5, 5.41) is 12.8. The van der Waals surface area contributed by atoms with Crippen molar-refractivity contribution < 1.29 is 17.9 Å². The van der Waals surface area contributed by atoms with E-state index in [1.807, 2.05) is 16.8 Å². The summed E-state index contributed by atoms with van der Waals surface area (Å²) < 4.78 is 31.2. The van der Waals surface area contributed by atoms with E-state index in [1.165, 1.54) is 28.8 Å². The third kappa shape index (κ3) is 2.89. The molecule has 0 bridgehead atoms. The third-order valence-corrected chi connectivity index (χ3v) is 5.40. The van der Waals surface area contributed by atoms with E-state index >= 15 is 0 Å². The van der Waals surface area contributed by atoms with E-state index in [0.29, 0.717) is 12.3 Å². The number of sulfonamides is 1. The summed E-state index contributed by atoms with van der Waals surface area (Å²) in [5.41, 5.74) is 0.944. The third-order valence-electron chi connectivity index (χ3n) is 2.75. The van der Waals surface area contributed by atoms with Gasteiger partial charge in [-0.3, -0.25) is 0 Å². The van der Waals surface area contributed by atoms with Crippen LogP contribution in [0.25, 0.3) is 0 Å². The molecular weight excluding hydrogens is 286 g/mol. The lowest BCUT2D eigenvalue weighted by Gasteiger charge is -2.15. The molecular formula is C12H15NO4S2. The maximum Gasteiger partial charge on any atom is 0.246 e. The Hall–Kier alpha value is -1.15. The van der Waals surface area contributed by atoms with Gasteiger partial charge in [-0.25, -0.2) is 8.42 Å². The molecule has 0 saturated carbocycles. The molecule has 7 heteroatoms. The van der Waals surface area contributed by atoms with E-state index in [9.17, 15) is 8.42 Å². The van der Waals surface area contributed by atoms with Crippen LogP contribution < -0.4 is 0 Å². The Morgan fingerprint density at radius 1 is 1.47 bits per heavy atom. The number of hydrogen-bond acceptors (Lipinski definition) is 5. The van der Waals surface area contributed by atoms with Crippen molar-refractivity contribution in [1.82, 2.24) is 4.31 Å². The normalized spacial score (nSPS) is 12.2. The fourth-order valence-electron chi connectivity index (χ4n) is 1.75. The minimum absolute atomic E-state index is 0.106. The van der Waals surface area contributed by atoms with Gasteiger partial charge in [-0.05, 0) is 29.3 Å². The molecule has 0 unspecified atom stereocenters. The summed E-state index contributed by atoms with van der Waals surface area (Å²) in [4.78, 5) is 0.106. The molecule has 2 aromatic rings. The van der Waals surface area contributed by atoms with Crippen molar-refractivity contribution in [3.05, 3.63) is 40.0 Å². The van der Waals surface area contributed by atoms with Gasteiger partial charge in [0.2, 0.25) is 10.0 Å². The molecule has 2 rings (SSSR count). The Bertz CT molecular complexity index is 643. The van der Waals surface area contributed by atoms with Crippen molar-refractivity contribution in [3.8, 4) is 0 Å². The molecule has 1 N–H and O–H groups in total. The van der Waals surface area contributed by atoms with Gasteiger partial charge < -0.3 is 9.52 Å². The summed E-state index contributed by atoms with van der Waals surface area (Å²) >= 11 is 1.53. The first-order chi connectivity index (χ1) is 8.95. The summed E-state index contributed by atoms with van der Waals surface area (Å²) in [5.74, 6) is 0.543. The molecule has 0 radical (unpaired) electrons. The Kier molecular flexibility index (Phi) is 4.10. The summed E-state index contributed by atoms with van der Waals surface area (Å²) in [6.07, 6.45) is 0. The first kappa shape index (κ1) is 14.3. The van der Waals surface area contributed by atoms with Crippen LogP contribution in [0.3, 0.4) is 0 Å². The highest BCUT2D eigenvalue weighted by Gasteiger charge is 2.26. The number of aryl methyl sites for hydroxylation is 1. The monoisotopic (exact) mass is 301 g/mol. The van der Waals surface area contributed by atoms with Gasteiger partial charge in [0.1, 0.15) is 23.0 Å². The van der Waals surface area contributed by atoms with Crippen molar-refractivity contribution >= 4 is 21.4 Å². The smallest absolute Gasteiger partial charge is 0.246 e. The molecule has 19 heavy (non-hydrogen) atoms. The Morgan fingerprint density at radius 2 is 2.21 bits per heavy atom. The Labute approximate surface area is 116 Å². The van der Waals surface area contributed by atoms with Crippen LogP contribution in [0, 0.1) is 6.92 Å². The average molecular weight is 301 g/mol. The van der Waals surface area contributed by atoms with Gasteiger partial charge in [-0.1, -0.05) is 0 Å². The van der Waals surface area contributed by atoms with Crippen molar-refractivity contribution in [2.24, 2.45) is 0 Å². The molecule has 0 atom stereocenters. The zero-order chi connectivity index (χ0) is 14.0. The van der Waals surface area contributed by atoms with Crippen molar-refractivity contribution in [2.75, 3.05) is 7.05 Å². The maximum absolute atomic E-state index is 12.4. The first-order valence-corrected chi connectivity index (χ1v) is 8.01. The minimum Gasteiger partial charge on any atom is -0.462 e. The molecule has 0 fully saturated rings. The van der Waals surface area contributed by atoms with Crippen LogP contribution in [0.15, 0.2) is 32.2 Å². The van der Waals surface area contributed by atoms with Gasteiger partial charge in [0.15, 0.2) is 0 Å². The minimum atomic E-state index is -3.60. The predicted octanol–water partition coefficient (Wildman–Crippen LogP) is 1.96. The number of rotatable bonds is 5. The Balaban J connectivity index is 2.28. The molecule has 5 nitrogen and oxygen atoms in total. The molecule has 104 valence electrons. The van der Waals surface area contributed by atoms with Gasteiger partial charge >= 0.3 is 0 Å². The average Bonchev–Trinajstić information content (AvgIpc) is 2.98. The largest absolute Gasteiger partial charge is 0.462 e. The molecule has 0 aliphatic carbocycles. The fourth-order valence-corrected chi connectivity index (χ4v) is 3.75. The lowest BCUT2D eigenvalue weighted by molar-refractivity contribution is 0.244. The second-order valence-electron chi connectivity index (χ2n) is 4.18. The highest BCUT2D eigenvalue weighted by Crippen LogP contribution is 2.24. The quantitative estimate of drug-likeness (QED) is 0.916. The highest BCUT2D eigenvalue weighted by molar-refractivity contribution is 7.89. The molecule has 0 aromatic carbocycles. The number of hydrogen-bond donors (Lipinski definition) is 1. The SMILES string of the molecule is Cc1oc(CO)cc1S(=O)(=O)N(C)Cc1ccsc1. The van der Waals surface area contributed by atoms with Gasteiger partial charge in [0.25, 0.3) is 0 Å². The van der Waals surface area contributed by atoms with Gasteiger partial charge in [0, 0.05) is 19.7 Å². The number of aliphatic hydroxyl groups excluding tert-OH is 1. The molecule has 0 amide bonds. The highest BCUT2D eigenvalue weighted by atomic mass is 32.2. The van der Waals surface area contributed by atoms with E-state index in [4.69, 9.17) is 9.52 Å². The number of thiophene rings is 1. The summed E-state index contributed by atoms with van der Waals surface area (Å²) in [6.45, 7) is 1.57. The topological polar surface area (TPSA) is 70.8 Å². The summed E-state index contributed by atoms with van der Waals surface area (Å²) in [7, 11) is -2.08. The summed E-state index contributed by atoms with van der Waals surface area (Å²) in [6, 6.07) is 3.26. The molecule has 2 heterocycles. The van der Waals surface area contributed by atoms with Crippen LogP contribution in [0.4, 0.5) is 0 Å². The van der Waals surface area contributed by atoms with Crippen molar-refractivity contribution in [3.63, 3.8) is 0 Å². The van der Waals surface area contributed by atoms with E-state index in [0.717, 1.165) is 5.56 Å². The predicted molar refractivity (Wildman–Crippen MR) is 72.3 cm³/mol. The van der Waals surface area contributed by atoms with Crippen molar-refractivity contribution in [2.45, 2.75) is 25.0 Å². The van der Waals surface area contributed by atoms with Crippen LogP contribution in [0.2, 0.25) is 0 Å². The van der Waals surface area contributed by atoms with E-state index < -0.39 is 10.0 Å². The van der Waals surface area contributed by atoms with E-state index in [-0.39, 0.29) is 17.3 Å². The number of aliphatic hydroxyl groups is 1. The molecule has 2 aromatic heterocycles. The molecule has 0 aliphatic rings. The van der Waals surface area contributed by atoms with Crippen LogP contribution in [-0.2, 0) is 23.2 Å². The molecule has 0 spiro atoms. The molecule has 0 saturated heterocycles. The first-order valence-electron chi connectivity index (χ1n) is 5.62. The standard InChI is InChI=1S/C12H15NO4S2/c1-9-12(5-11(7-14)17-9)19(15,16)13(2)6-10-3-4-18-8-10/h3-5,8,14H,6-7H2,1-2H3. The zero-order valence-corrected chi connectivity index (χ0v) is 12.3. The molecule has 0 aliphatic heterocycles. The van der Waals surface area contributed by atoms with Gasteiger partial charge in [0.05, 0.1) is 0 Å². The number of nitrogens with zero attached hydrogens (tertiary/aromatic N) is 1. The van der Waals surface area contributed by atoms with E-state index in [2.05, 4.69) is 0 Å². The van der Waals surface area contributed by atoms with Crippen LogP contribution in [0.1, 0.15) is 17.1 Å². The maximum atomic E-state index is 12.4. The van der Waals surface area contributed by atoms with Crippen molar-refractivity contribution in [1.29, 1.82) is 0 Å². The second kappa shape index (κ2) is 5.46. The number of furan rings is 1. The Morgan fingerprint density at radius 3 is 2.74 bits per heavy atom. The van der Waals surface area contributed by atoms with Crippen LogP contribution >= 0.6 is 11.3 Å². The second-order valence-corrected chi connectivity index (χ2v) is 6.98. The fraction of sp³-hybridized carbons (Fsp3) is 0.333.